The van der Waals surface area contributed by atoms with E-state index in [0.29, 0.717) is 21.5 Å². The van der Waals surface area contributed by atoms with Gasteiger partial charge in [-0.3, -0.25) is 14.5 Å². The lowest BCUT2D eigenvalue weighted by molar-refractivity contribution is -0.122. The van der Waals surface area contributed by atoms with Crippen molar-refractivity contribution in [2.24, 2.45) is 0 Å². The number of nitrogens with one attached hydrogen (secondary N) is 1. The van der Waals surface area contributed by atoms with Crippen molar-refractivity contribution in [2.75, 3.05) is 5.32 Å². The Labute approximate surface area is 211 Å². The molecular weight excluding hydrogens is 481 g/mol. The molecule has 0 unspecified atom stereocenters. The first-order valence-corrected chi connectivity index (χ1v) is 12.1. The largest absolute Gasteiger partial charge is 0.337 e. The highest BCUT2D eigenvalue weighted by Crippen LogP contribution is 2.35. The molecule has 0 bridgehead atoms. The van der Waals surface area contributed by atoms with Gasteiger partial charge in [0.05, 0.1) is 11.4 Å². The van der Waals surface area contributed by atoms with E-state index < -0.39 is 0 Å². The predicted molar refractivity (Wildman–Crippen MR) is 142 cm³/mol. The Balaban J connectivity index is 1.39. The number of nitrogens with zero attached hydrogens (tertiary/aromatic N) is 2. The summed E-state index contributed by atoms with van der Waals surface area (Å²) in [4.78, 5) is 27.9. The molecule has 2 heterocycles. The summed E-state index contributed by atoms with van der Waals surface area (Å²) in [5.41, 5.74) is 3.23. The van der Waals surface area contributed by atoms with Gasteiger partial charge in [-0.2, -0.15) is 0 Å². The van der Waals surface area contributed by atoms with E-state index >= 15 is 0 Å². The number of halogens is 1. The van der Waals surface area contributed by atoms with E-state index in [1.807, 2.05) is 71.4 Å². The van der Waals surface area contributed by atoms with Crippen molar-refractivity contribution >= 4 is 62.8 Å². The molecular formula is C27H20FN3O2S2. The molecule has 4 aromatic rings. The first-order chi connectivity index (χ1) is 17.0. The van der Waals surface area contributed by atoms with Gasteiger partial charge in [0.15, 0.2) is 0 Å². The number of hydrogen-bond acceptors (Lipinski definition) is 4. The molecule has 1 fully saturated rings. The van der Waals surface area contributed by atoms with Crippen LogP contribution in [-0.4, -0.2) is 25.6 Å². The Kier molecular flexibility index (Phi) is 6.48. The minimum Gasteiger partial charge on any atom is -0.337 e. The van der Waals surface area contributed by atoms with Crippen molar-refractivity contribution in [3.63, 3.8) is 0 Å². The fraction of sp³-hybridized carbons (Fsp3) is 0.0741. The summed E-state index contributed by atoms with van der Waals surface area (Å²) in [5.74, 6) is -0.730. The third kappa shape index (κ3) is 5.03. The second kappa shape index (κ2) is 9.85. The first-order valence-electron chi connectivity index (χ1n) is 10.9. The first kappa shape index (κ1) is 23.0. The minimum atomic E-state index is -0.363. The van der Waals surface area contributed by atoms with Gasteiger partial charge < -0.3 is 9.88 Å². The van der Waals surface area contributed by atoms with Crippen LogP contribution in [0.1, 0.15) is 11.1 Å². The van der Waals surface area contributed by atoms with Crippen LogP contribution in [0.25, 0.3) is 17.0 Å². The number of fused-ring (bicyclic) bond motifs is 1. The Hall–Kier alpha value is -3.75. The summed E-state index contributed by atoms with van der Waals surface area (Å²) in [6.45, 7) is 0.495. The zero-order valence-electron chi connectivity index (χ0n) is 18.5. The highest BCUT2D eigenvalue weighted by molar-refractivity contribution is 8.26. The van der Waals surface area contributed by atoms with E-state index in [2.05, 4.69) is 5.32 Å². The third-order valence-electron chi connectivity index (χ3n) is 5.61. The summed E-state index contributed by atoms with van der Waals surface area (Å²) in [6, 6.07) is 23.1. The number of aromatic nitrogens is 1. The van der Waals surface area contributed by atoms with Gasteiger partial charge in [-0.15, -0.1) is 0 Å². The number of benzene rings is 3. The summed E-state index contributed by atoms with van der Waals surface area (Å²) in [5, 5.41) is 3.71. The van der Waals surface area contributed by atoms with Crippen molar-refractivity contribution < 1.29 is 14.0 Å². The Bertz CT molecular complexity index is 1460. The van der Waals surface area contributed by atoms with Crippen LogP contribution in [0.3, 0.4) is 0 Å². The van der Waals surface area contributed by atoms with Crippen molar-refractivity contribution in [1.29, 1.82) is 0 Å². The molecule has 1 aromatic heterocycles. The molecule has 0 atom stereocenters. The number of anilines is 1. The van der Waals surface area contributed by atoms with E-state index in [0.717, 1.165) is 22.0 Å². The lowest BCUT2D eigenvalue weighted by Crippen LogP contribution is -2.27. The quantitative estimate of drug-likeness (QED) is 0.267. The Morgan fingerprint density at radius 2 is 1.71 bits per heavy atom. The van der Waals surface area contributed by atoms with Crippen LogP contribution in [0.15, 0.2) is 90.0 Å². The van der Waals surface area contributed by atoms with Crippen LogP contribution in [0.2, 0.25) is 0 Å². The number of thiocarbonyl (C=S) groups is 1. The standard InChI is InChI=1S/C27H20FN3O2S2/c28-20-10-12-21(13-11-20)29-25(32)17-30-16-19(22-8-4-5-9-23(22)30)14-24-26(33)31(27(34)35-24)15-18-6-2-1-3-7-18/h1-14,16H,15,17H2,(H,29,32)/b24-14+. The zero-order chi connectivity index (χ0) is 24.4. The van der Waals surface area contributed by atoms with Crippen molar-refractivity contribution in [3.8, 4) is 0 Å². The van der Waals surface area contributed by atoms with Crippen LogP contribution in [0.4, 0.5) is 10.1 Å². The number of carbonyl (C=O) groups excluding carboxylic acids is 2. The highest BCUT2D eigenvalue weighted by atomic mass is 32.2. The number of amides is 2. The lowest BCUT2D eigenvalue weighted by atomic mass is 10.1. The molecule has 5 nitrogen and oxygen atoms in total. The fourth-order valence-electron chi connectivity index (χ4n) is 3.95. The van der Waals surface area contributed by atoms with Crippen molar-refractivity contribution in [2.45, 2.75) is 13.1 Å². The maximum absolute atomic E-state index is 13.1. The summed E-state index contributed by atoms with van der Waals surface area (Å²) >= 11 is 6.76. The van der Waals surface area contributed by atoms with E-state index in [4.69, 9.17) is 12.2 Å². The van der Waals surface area contributed by atoms with Crippen LogP contribution in [-0.2, 0) is 22.7 Å². The molecule has 1 N–H and O–H groups in total. The van der Waals surface area contributed by atoms with Gasteiger partial charge in [-0.1, -0.05) is 72.5 Å². The molecule has 0 aliphatic carbocycles. The summed E-state index contributed by atoms with van der Waals surface area (Å²) in [6.07, 6.45) is 3.69. The monoisotopic (exact) mass is 501 g/mol. The van der Waals surface area contributed by atoms with Crippen LogP contribution < -0.4 is 5.32 Å². The third-order valence-corrected chi connectivity index (χ3v) is 6.98. The van der Waals surface area contributed by atoms with Gasteiger partial charge >= 0.3 is 0 Å². The molecule has 3 aromatic carbocycles. The second-order valence-corrected chi connectivity index (χ2v) is 9.71. The van der Waals surface area contributed by atoms with Crippen molar-refractivity contribution in [3.05, 3.63) is 107 Å². The molecule has 0 saturated carbocycles. The molecule has 2 amide bonds. The average molecular weight is 502 g/mol. The van der Waals surface area contributed by atoms with Crippen molar-refractivity contribution in [1.82, 2.24) is 9.47 Å². The van der Waals surface area contributed by atoms with Gasteiger partial charge in [-0.25, -0.2) is 4.39 Å². The average Bonchev–Trinajstić information content (AvgIpc) is 3.33. The number of hydrogen-bond donors (Lipinski definition) is 1. The number of rotatable bonds is 6. The Morgan fingerprint density at radius 1 is 1.00 bits per heavy atom. The summed E-state index contributed by atoms with van der Waals surface area (Å²) in [7, 11) is 0. The van der Waals surface area contributed by atoms with Gasteiger partial charge in [0.1, 0.15) is 16.7 Å². The molecule has 1 aliphatic rings. The Morgan fingerprint density at radius 3 is 2.49 bits per heavy atom. The molecule has 5 rings (SSSR count). The lowest BCUT2D eigenvalue weighted by Gasteiger charge is -2.14. The molecule has 0 radical (unpaired) electrons. The molecule has 35 heavy (non-hydrogen) atoms. The zero-order valence-corrected chi connectivity index (χ0v) is 20.1. The molecule has 8 heteroatoms. The number of carbonyl (C=O) groups is 2. The fourth-order valence-corrected chi connectivity index (χ4v) is 5.20. The van der Waals surface area contributed by atoms with E-state index in [-0.39, 0.29) is 24.2 Å². The minimum absolute atomic E-state index is 0.0701. The second-order valence-electron chi connectivity index (χ2n) is 8.04. The highest BCUT2D eigenvalue weighted by Gasteiger charge is 2.32. The van der Waals surface area contributed by atoms with Gasteiger partial charge in [-0.05, 0) is 42.0 Å². The normalized spacial score (nSPS) is 14.8. The topological polar surface area (TPSA) is 54.3 Å². The smallest absolute Gasteiger partial charge is 0.266 e. The van der Waals surface area contributed by atoms with Gasteiger partial charge in [0.25, 0.3) is 5.91 Å². The van der Waals surface area contributed by atoms with Gasteiger partial charge in [0, 0.05) is 28.4 Å². The molecule has 1 aliphatic heterocycles. The van der Waals surface area contributed by atoms with E-state index in [1.54, 1.807) is 4.90 Å². The molecule has 174 valence electrons. The number of thioether (sulfide) groups is 1. The maximum Gasteiger partial charge on any atom is 0.266 e. The van der Waals surface area contributed by atoms with Gasteiger partial charge in [0.2, 0.25) is 5.91 Å². The van der Waals surface area contributed by atoms with E-state index in [1.165, 1.54) is 36.0 Å². The predicted octanol–water partition coefficient (Wildman–Crippen LogP) is 5.82. The SMILES string of the molecule is O=C(Cn1cc(/C=C2/SC(=S)N(Cc3ccccc3)C2=O)c2ccccc21)Nc1ccc(F)cc1. The van der Waals surface area contributed by atoms with E-state index in [9.17, 15) is 14.0 Å². The number of para-hydroxylation sites is 1. The van der Waals surface area contributed by atoms with Crippen LogP contribution in [0, 0.1) is 5.82 Å². The summed E-state index contributed by atoms with van der Waals surface area (Å²) < 4.78 is 15.5. The van der Waals surface area contributed by atoms with Crippen LogP contribution >= 0.6 is 24.0 Å². The molecule has 0 spiro atoms. The molecule has 1 saturated heterocycles. The maximum atomic E-state index is 13.1. The van der Waals surface area contributed by atoms with Crippen LogP contribution in [0.5, 0.6) is 0 Å².